The standard InChI is InChI=1S/C21H20F3N3O3/c1-3-29-18-9-8-16(11-19(18)30-4-2)26-13-14(12-25)20(28)27-17-7-5-6-15(10-17)21(22,23)24/h5-11,13,26H,3-4H2,1-2H3,(H,27,28)/b14-13-. The SMILES string of the molecule is CCOc1ccc(N/C=C(/C#N)C(=O)Nc2cccc(C(F)(F)F)c2)cc1OCC. The van der Waals surface area contributed by atoms with Crippen molar-refractivity contribution in [1.29, 1.82) is 5.26 Å². The first-order chi connectivity index (χ1) is 14.3. The van der Waals surface area contributed by atoms with Gasteiger partial charge in [0.25, 0.3) is 5.91 Å². The van der Waals surface area contributed by atoms with Gasteiger partial charge in [-0.2, -0.15) is 18.4 Å². The molecule has 2 aromatic carbocycles. The van der Waals surface area contributed by atoms with Crippen molar-refractivity contribution in [3.05, 3.63) is 59.8 Å². The molecule has 0 spiro atoms. The summed E-state index contributed by atoms with van der Waals surface area (Å²) in [7, 11) is 0. The molecule has 2 aromatic rings. The van der Waals surface area contributed by atoms with Crippen LogP contribution in [0.4, 0.5) is 24.5 Å². The molecule has 0 aromatic heterocycles. The second-order valence-corrected chi connectivity index (χ2v) is 5.87. The zero-order chi connectivity index (χ0) is 22.1. The van der Waals surface area contributed by atoms with E-state index in [0.717, 1.165) is 18.3 Å². The number of amides is 1. The molecule has 0 bridgehead atoms. The molecule has 2 rings (SSSR count). The van der Waals surface area contributed by atoms with Crippen LogP contribution in [0.3, 0.4) is 0 Å². The first kappa shape index (κ1) is 22.6. The second-order valence-electron chi connectivity index (χ2n) is 5.87. The van der Waals surface area contributed by atoms with E-state index in [2.05, 4.69) is 10.6 Å². The first-order valence-corrected chi connectivity index (χ1v) is 9.03. The summed E-state index contributed by atoms with van der Waals surface area (Å²) in [6.45, 7) is 4.54. The molecule has 0 atom stereocenters. The van der Waals surface area contributed by atoms with E-state index < -0.39 is 17.6 Å². The van der Waals surface area contributed by atoms with Gasteiger partial charge >= 0.3 is 6.18 Å². The van der Waals surface area contributed by atoms with Crippen LogP contribution in [-0.2, 0) is 11.0 Å². The van der Waals surface area contributed by atoms with Crippen molar-refractivity contribution in [2.75, 3.05) is 23.8 Å². The largest absolute Gasteiger partial charge is 0.490 e. The van der Waals surface area contributed by atoms with E-state index >= 15 is 0 Å². The van der Waals surface area contributed by atoms with Gasteiger partial charge in [0.1, 0.15) is 11.6 Å². The van der Waals surface area contributed by atoms with Crippen LogP contribution in [0.25, 0.3) is 0 Å². The lowest BCUT2D eigenvalue weighted by molar-refractivity contribution is -0.137. The van der Waals surface area contributed by atoms with Crippen molar-refractivity contribution in [3.63, 3.8) is 0 Å². The van der Waals surface area contributed by atoms with E-state index in [1.54, 1.807) is 24.3 Å². The molecule has 0 aliphatic rings. The van der Waals surface area contributed by atoms with Crippen LogP contribution in [-0.4, -0.2) is 19.1 Å². The molecule has 0 unspecified atom stereocenters. The normalized spacial score (nSPS) is 11.4. The molecule has 2 N–H and O–H groups in total. The number of halogens is 3. The van der Waals surface area contributed by atoms with Gasteiger partial charge in [-0.25, -0.2) is 0 Å². The number of ether oxygens (including phenoxy) is 2. The number of carbonyl (C=O) groups excluding carboxylic acids is 1. The summed E-state index contributed by atoms with van der Waals surface area (Å²) in [5, 5.41) is 14.3. The Morgan fingerprint density at radius 3 is 2.40 bits per heavy atom. The maximum absolute atomic E-state index is 12.8. The van der Waals surface area contributed by atoms with Crippen molar-refractivity contribution in [2.24, 2.45) is 0 Å². The van der Waals surface area contributed by atoms with Crippen LogP contribution in [0, 0.1) is 11.3 Å². The number of alkyl halides is 3. The highest BCUT2D eigenvalue weighted by molar-refractivity contribution is 6.06. The molecular weight excluding hydrogens is 399 g/mol. The van der Waals surface area contributed by atoms with E-state index in [4.69, 9.17) is 9.47 Å². The number of hydrogen-bond acceptors (Lipinski definition) is 5. The van der Waals surface area contributed by atoms with Gasteiger partial charge < -0.3 is 20.1 Å². The maximum Gasteiger partial charge on any atom is 0.416 e. The van der Waals surface area contributed by atoms with Gasteiger partial charge in [-0.1, -0.05) is 6.07 Å². The third-order valence-electron chi connectivity index (χ3n) is 3.74. The van der Waals surface area contributed by atoms with E-state index in [1.807, 2.05) is 13.8 Å². The van der Waals surface area contributed by atoms with Crippen LogP contribution >= 0.6 is 0 Å². The lowest BCUT2D eigenvalue weighted by Gasteiger charge is -2.12. The Hall–Kier alpha value is -3.67. The Morgan fingerprint density at radius 1 is 1.07 bits per heavy atom. The Labute approximate surface area is 171 Å². The molecule has 0 radical (unpaired) electrons. The molecule has 0 aliphatic carbocycles. The van der Waals surface area contributed by atoms with Gasteiger partial charge in [0.2, 0.25) is 0 Å². The number of benzene rings is 2. The smallest absolute Gasteiger partial charge is 0.416 e. The Balaban J connectivity index is 2.15. The van der Waals surface area contributed by atoms with E-state index in [1.165, 1.54) is 12.1 Å². The maximum atomic E-state index is 12.8. The van der Waals surface area contributed by atoms with E-state index in [0.29, 0.717) is 30.4 Å². The number of nitrogens with one attached hydrogen (secondary N) is 2. The Bertz CT molecular complexity index is 966. The topological polar surface area (TPSA) is 83.4 Å². The molecular formula is C21H20F3N3O3. The van der Waals surface area contributed by atoms with Crippen molar-refractivity contribution in [2.45, 2.75) is 20.0 Å². The molecule has 0 saturated carbocycles. The lowest BCUT2D eigenvalue weighted by atomic mass is 10.2. The molecule has 6 nitrogen and oxygen atoms in total. The Kier molecular flexibility index (Phi) is 7.69. The summed E-state index contributed by atoms with van der Waals surface area (Å²) in [4.78, 5) is 12.3. The number of nitriles is 1. The Morgan fingerprint density at radius 2 is 1.77 bits per heavy atom. The quantitative estimate of drug-likeness (QED) is 0.467. The summed E-state index contributed by atoms with van der Waals surface area (Å²) in [5.74, 6) is 0.196. The summed E-state index contributed by atoms with van der Waals surface area (Å²) >= 11 is 0. The molecule has 0 heterocycles. The second kappa shape index (κ2) is 10.2. The van der Waals surface area contributed by atoms with Crippen LogP contribution in [0.5, 0.6) is 11.5 Å². The van der Waals surface area contributed by atoms with Gasteiger partial charge in [-0.05, 0) is 44.2 Å². The minimum atomic E-state index is -4.54. The van der Waals surface area contributed by atoms with Gasteiger partial charge in [0.15, 0.2) is 11.5 Å². The fourth-order valence-corrected chi connectivity index (χ4v) is 2.42. The zero-order valence-electron chi connectivity index (χ0n) is 16.3. The highest BCUT2D eigenvalue weighted by Crippen LogP contribution is 2.31. The molecule has 1 amide bonds. The van der Waals surface area contributed by atoms with E-state index in [9.17, 15) is 23.2 Å². The first-order valence-electron chi connectivity index (χ1n) is 9.03. The third kappa shape index (κ3) is 6.17. The molecule has 0 aliphatic heterocycles. The third-order valence-corrected chi connectivity index (χ3v) is 3.74. The van der Waals surface area contributed by atoms with Gasteiger partial charge in [0.05, 0.1) is 18.8 Å². The molecule has 0 fully saturated rings. The van der Waals surface area contributed by atoms with Crippen LogP contribution < -0.4 is 20.1 Å². The van der Waals surface area contributed by atoms with E-state index in [-0.39, 0.29) is 11.3 Å². The van der Waals surface area contributed by atoms with Gasteiger partial charge in [-0.15, -0.1) is 0 Å². The highest BCUT2D eigenvalue weighted by Gasteiger charge is 2.30. The molecule has 0 saturated heterocycles. The monoisotopic (exact) mass is 419 g/mol. The summed E-state index contributed by atoms with van der Waals surface area (Å²) < 4.78 is 49.4. The molecule has 158 valence electrons. The molecule has 30 heavy (non-hydrogen) atoms. The van der Waals surface area contributed by atoms with Crippen LogP contribution in [0.15, 0.2) is 54.2 Å². The van der Waals surface area contributed by atoms with Crippen LogP contribution in [0.1, 0.15) is 19.4 Å². The average molecular weight is 419 g/mol. The number of rotatable bonds is 8. The minimum absolute atomic E-state index is 0.0734. The zero-order valence-corrected chi connectivity index (χ0v) is 16.3. The van der Waals surface area contributed by atoms with Crippen molar-refractivity contribution >= 4 is 17.3 Å². The van der Waals surface area contributed by atoms with Crippen LogP contribution in [0.2, 0.25) is 0 Å². The van der Waals surface area contributed by atoms with Gasteiger partial charge in [-0.3, -0.25) is 4.79 Å². The van der Waals surface area contributed by atoms with Crippen molar-refractivity contribution in [3.8, 4) is 17.6 Å². The average Bonchev–Trinajstić information content (AvgIpc) is 2.70. The predicted molar refractivity (Wildman–Crippen MR) is 106 cm³/mol. The minimum Gasteiger partial charge on any atom is -0.490 e. The highest BCUT2D eigenvalue weighted by atomic mass is 19.4. The van der Waals surface area contributed by atoms with Crippen molar-refractivity contribution < 1.29 is 27.4 Å². The summed E-state index contributed by atoms with van der Waals surface area (Å²) in [6, 6.07) is 10.9. The predicted octanol–water partition coefficient (Wildman–Crippen LogP) is 4.96. The van der Waals surface area contributed by atoms with Crippen molar-refractivity contribution in [1.82, 2.24) is 0 Å². The fourth-order valence-electron chi connectivity index (χ4n) is 2.42. The number of hydrogen-bond donors (Lipinski definition) is 2. The molecule has 9 heteroatoms. The fraction of sp³-hybridized carbons (Fsp3) is 0.238. The summed E-state index contributed by atoms with van der Waals surface area (Å²) in [6.07, 6.45) is -3.38. The number of anilines is 2. The van der Waals surface area contributed by atoms with Gasteiger partial charge in [0, 0.05) is 23.6 Å². The number of nitrogens with zero attached hydrogens (tertiary/aromatic N) is 1. The number of carbonyl (C=O) groups is 1. The summed E-state index contributed by atoms with van der Waals surface area (Å²) in [5.41, 5.74) is -0.768. The lowest BCUT2D eigenvalue weighted by Crippen LogP contribution is -2.15.